The normalized spacial score (nSPS) is 23.7. The number of nitrogens with zero attached hydrogens (tertiary/aromatic N) is 1. The van der Waals surface area contributed by atoms with Gasteiger partial charge in [0.05, 0.1) is 12.2 Å². The molecule has 2 aliphatic rings. The smallest absolute Gasteiger partial charge is 0.328 e. The van der Waals surface area contributed by atoms with Crippen molar-refractivity contribution in [1.82, 2.24) is 4.90 Å². The summed E-state index contributed by atoms with van der Waals surface area (Å²) in [6, 6.07) is 6.18. The summed E-state index contributed by atoms with van der Waals surface area (Å²) in [7, 11) is 0. The summed E-state index contributed by atoms with van der Waals surface area (Å²) in [5.74, 6) is -1.29. The van der Waals surface area contributed by atoms with E-state index in [1.54, 1.807) is 18.2 Å². The Hall–Kier alpha value is -1.40. The monoisotopic (exact) mass is 367 g/mol. The summed E-state index contributed by atoms with van der Waals surface area (Å²) < 4.78 is 6.53. The van der Waals surface area contributed by atoms with Crippen molar-refractivity contribution in [2.75, 3.05) is 6.61 Å². The minimum absolute atomic E-state index is 0.0610. The number of rotatable bonds is 2. The number of ether oxygens (including phenoxy) is 1. The van der Waals surface area contributed by atoms with E-state index in [-0.39, 0.29) is 12.5 Å². The number of carboxylic acids is 1. The van der Waals surface area contributed by atoms with Crippen molar-refractivity contribution >= 4 is 27.8 Å². The van der Waals surface area contributed by atoms with E-state index in [1.165, 1.54) is 4.90 Å². The van der Waals surface area contributed by atoms with Crippen LogP contribution < -0.4 is 0 Å². The van der Waals surface area contributed by atoms with Crippen LogP contribution in [0.25, 0.3) is 0 Å². The number of hydrogen-bond acceptors (Lipinski definition) is 3. The number of carbonyl (C=O) groups is 2. The lowest BCUT2D eigenvalue weighted by Crippen LogP contribution is -2.54. The van der Waals surface area contributed by atoms with Crippen LogP contribution in [0, 0.1) is 0 Å². The summed E-state index contributed by atoms with van der Waals surface area (Å²) in [4.78, 5) is 26.0. The number of benzene rings is 1. The number of halogens is 1. The molecule has 0 unspecified atom stereocenters. The number of aliphatic carboxylic acids is 1. The van der Waals surface area contributed by atoms with Crippen molar-refractivity contribution in [2.45, 2.75) is 43.9 Å². The average molecular weight is 368 g/mol. The molecular weight excluding hydrogens is 350 g/mol. The van der Waals surface area contributed by atoms with Gasteiger partial charge in [-0.3, -0.25) is 9.69 Å². The van der Waals surface area contributed by atoms with Gasteiger partial charge in [-0.1, -0.05) is 18.6 Å². The van der Waals surface area contributed by atoms with Gasteiger partial charge < -0.3 is 9.84 Å². The van der Waals surface area contributed by atoms with Crippen molar-refractivity contribution < 1.29 is 19.4 Å². The van der Waals surface area contributed by atoms with E-state index in [0.717, 1.165) is 19.3 Å². The molecule has 1 saturated carbocycles. The van der Waals surface area contributed by atoms with Crippen LogP contribution >= 0.6 is 15.9 Å². The van der Waals surface area contributed by atoms with Gasteiger partial charge >= 0.3 is 5.97 Å². The SMILES string of the molecule is O=C(O)[C@H]1COC2(CCCCC2)N1C(=O)c1ccccc1Br. The Kier molecular flexibility index (Phi) is 4.23. The largest absolute Gasteiger partial charge is 0.480 e. The van der Waals surface area contributed by atoms with Gasteiger partial charge in [0.1, 0.15) is 5.72 Å². The molecule has 0 aromatic heterocycles. The first-order valence-corrected chi connectivity index (χ1v) is 8.29. The lowest BCUT2D eigenvalue weighted by molar-refractivity contribution is -0.143. The first-order valence-electron chi connectivity index (χ1n) is 7.50. The third kappa shape index (κ3) is 2.54. The van der Waals surface area contributed by atoms with Gasteiger partial charge in [0.25, 0.3) is 5.91 Å². The highest BCUT2D eigenvalue weighted by Crippen LogP contribution is 2.41. The van der Waals surface area contributed by atoms with Gasteiger partial charge in [0, 0.05) is 4.47 Å². The molecule has 0 bridgehead atoms. The Morgan fingerprint density at radius 1 is 1.23 bits per heavy atom. The van der Waals surface area contributed by atoms with Gasteiger partial charge in [-0.05, 0) is 53.7 Å². The predicted molar refractivity (Wildman–Crippen MR) is 83.5 cm³/mol. The van der Waals surface area contributed by atoms with Crippen molar-refractivity contribution in [3.63, 3.8) is 0 Å². The Labute approximate surface area is 137 Å². The summed E-state index contributed by atoms with van der Waals surface area (Å²) >= 11 is 3.38. The van der Waals surface area contributed by atoms with E-state index in [1.807, 2.05) is 6.07 Å². The maximum absolute atomic E-state index is 13.0. The van der Waals surface area contributed by atoms with E-state index in [9.17, 15) is 14.7 Å². The molecule has 1 atom stereocenters. The van der Waals surface area contributed by atoms with Gasteiger partial charge in [-0.15, -0.1) is 0 Å². The highest BCUT2D eigenvalue weighted by atomic mass is 79.9. The molecule has 1 spiro atoms. The maximum Gasteiger partial charge on any atom is 0.328 e. The molecule has 0 radical (unpaired) electrons. The van der Waals surface area contributed by atoms with Gasteiger partial charge in [0.15, 0.2) is 6.04 Å². The molecule has 1 heterocycles. The van der Waals surface area contributed by atoms with Crippen LogP contribution in [0.15, 0.2) is 28.7 Å². The zero-order valence-corrected chi connectivity index (χ0v) is 13.7. The molecule has 22 heavy (non-hydrogen) atoms. The van der Waals surface area contributed by atoms with Crippen LogP contribution in [0.5, 0.6) is 0 Å². The highest BCUT2D eigenvalue weighted by molar-refractivity contribution is 9.10. The van der Waals surface area contributed by atoms with Crippen LogP contribution in [0.3, 0.4) is 0 Å². The standard InChI is InChI=1S/C16H18BrNO4/c17-12-7-3-2-6-11(12)14(19)18-13(15(20)21)10-22-16(18)8-4-1-5-9-16/h2-3,6-7,13H,1,4-5,8-10H2,(H,20,21)/t13-/m1/s1. The zero-order chi connectivity index (χ0) is 15.7. The molecular formula is C16H18BrNO4. The number of carboxylic acid groups (broad SMARTS) is 1. The summed E-state index contributed by atoms with van der Waals surface area (Å²) in [6.45, 7) is 0.0610. The molecule has 1 amide bonds. The molecule has 1 aromatic carbocycles. The Balaban J connectivity index is 2.00. The van der Waals surface area contributed by atoms with Crippen molar-refractivity contribution in [3.8, 4) is 0 Å². The van der Waals surface area contributed by atoms with Crippen LogP contribution in [-0.2, 0) is 9.53 Å². The van der Waals surface area contributed by atoms with Gasteiger partial charge in [-0.2, -0.15) is 0 Å². The van der Waals surface area contributed by atoms with E-state index in [4.69, 9.17) is 4.74 Å². The van der Waals surface area contributed by atoms with Gasteiger partial charge in [-0.25, -0.2) is 4.79 Å². The Morgan fingerprint density at radius 3 is 2.55 bits per heavy atom. The molecule has 2 fully saturated rings. The predicted octanol–water partition coefficient (Wildman–Crippen LogP) is 3.04. The lowest BCUT2D eigenvalue weighted by atomic mass is 9.89. The van der Waals surface area contributed by atoms with E-state index < -0.39 is 17.7 Å². The zero-order valence-electron chi connectivity index (χ0n) is 12.1. The van der Waals surface area contributed by atoms with Crippen molar-refractivity contribution in [2.24, 2.45) is 0 Å². The topological polar surface area (TPSA) is 66.8 Å². The molecule has 6 heteroatoms. The Morgan fingerprint density at radius 2 is 1.91 bits per heavy atom. The second-order valence-electron chi connectivity index (χ2n) is 5.83. The highest BCUT2D eigenvalue weighted by Gasteiger charge is 2.53. The third-order valence-corrected chi connectivity index (χ3v) is 5.20. The van der Waals surface area contributed by atoms with Crippen molar-refractivity contribution in [1.29, 1.82) is 0 Å². The van der Waals surface area contributed by atoms with Crippen LogP contribution in [0.4, 0.5) is 0 Å². The van der Waals surface area contributed by atoms with Crippen LogP contribution in [0.2, 0.25) is 0 Å². The molecule has 1 aliphatic carbocycles. The maximum atomic E-state index is 13.0. The minimum Gasteiger partial charge on any atom is -0.480 e. The minimum atomic E-state index is -1.01. The summed E-state index contributed by atoms with van der Waals surface area (Å²) in [5.41, 5.74) is -0.280. The van der Waals surface area contributed by atoms with Gasteiger partial charge in [0.2, 0.25) is 0 Å². The summed E-state index contributed by atoms with van der Waals surface area (Å²) in [6.07, 6.45) is 4.40. The van der Waals surface area contributed by atoms with E-state index >= 15 is 0 Å². The molecule has 118 valence electrons. The fraction of sp³-hybridized carbons (Fsp3) is 0.500. The second kappa shape index (κ2) is 6.01. The van der Waals surface area contributed by atoms with Crippen LogP contribution in [-0.4, -0.2) is 40.3 Å². The van der Waals surface area contributed by atoms with E-state index in [2.05, 4.69) is 15.9 Å². The molecule has 1 aromatic rings. The van der Waals surface area contributed by atoms with Crippen LogP contribution in [0.1, 0.15) is 42.5 Å². The molecule has 3 rings (SSSR count). The first-order chi connectivity index (χ1) is 10.6. The molecule has 1 aliphatic heterocycles. The molecule has 1 saturated heterocycles. The third-order valence-electron chi connectivity index (χ3n) is 4.50. The summed E-state index contributed by atoms with van der Waals surface area (Å²) in [5, 5.41) is 9.48. The molecule has 5 nitrogen and oxygen atoms in total. The first kappa shape index (κ1) is 15.5. The Bertz CT molecular complexity index is 598. The number of amides is 1. The average Bonchev–Trinajstić information content (AvgIpc) is 2.87. The second-order valence-corrected chi connectivity index (χ2v) is 6.68. The number of carbonyl (C=O) groups excluding carboxylic acids is 1. The number of hydrogen-bond donors (Lipinski definition) is 1. The fourth-order valence-corrected chi connectivity index (χ4v) is 3.88. The molecule has 1 N–H and O–H groups in total. The lowest BCUT2D eigenvalue weighted by Gasteiger charge is -2.41. The quantitative estimate of drug-likeness (QED) is 0.872. The fourth-order valence-electron chi connectivity index (χ4n) is 3.42. The van der Waals surface area contributed by atoms with E-state index in [0.29, 0.717) is 22.9 Å². The van der Waals surface area contributed by atoms with Crippen molar-refractivity contribution in [3.05, 3.63) is 34.3 Å².